The number of benzene rings is 3. The first kappa shape index (κ1) is 29.2. The van der Waals surface area contributed by atoms with Gasteiger partial charge in [-0.2, -0.15) is 0 Å². The van der Waals surface area contributed by atoms with Crippen LogP contribution in [0.25, 0.3) is 0 Å². The number of fused-ring (bicyclic) bond motifs is 1. The molecule has 2 aliphatic heterocycles. The van der Waals surface area contributed by atoms with E-state index in [2.05, 4.69) is 75.8 Å². The maximum absolute atomic E-state index is 14.4. The van der Waals surface area contributed by atoms with Crippen LogP contribution in [0.4, 0.5) is 5.69 Å². The van der Waals surface area contributed by atoms with Crippen LogP contribution in [0.5, 0.6) is 11.5 Å². The van der Waals surface area contributed by atoms with Gasteiger partial charge in [0.2, 0.25) is 5.91 Å². The van der Waals surface area contributed by atoms with Crippen LogP contribution in [0, 0.1) is 0 Å². The average molecular weight is 556 g/mol. The Morgan fingerprint density at radius 3 is 2.10 bits per heavy atom. The molecule has 1 fully saturated rings. The van der Waals surface area contributed by atoms with E-state index in [4.69, 9.17) is 4.74 Å². The minimum Gasteiger partial charge on any atom is -0.508 e. The fraction of sp³-hybridized carbons (Fsp3) is 0.457. The van der Waals surface area contributed by atoms with E-state index in [9.17, 15) is 9.90 Å². The van der Waals surface area contributed by atoms with Gasteiger partial charge in [0.15, 0.2) is 0 Å². The number of amides is 1. The van der Waals surface area contributed by atoms with E-state index in [0.29, 0.717) is 17.9 Å². The van der Waals surface area contributed by atoms with Crippen LogP contribution in [0.15, 0.2) is 60.7 Å². The first-order valence-electron chi connectivity index (χ1n) is 14.8. The van der Waals surface area contributed by atoms with Crippen molar-refractivity contribution in [1.82, 2.24) is 9.80 Å². The standard InChI is InChI=1S/C35H45N3O3/c1-33(2,3)24-12-14-30(39)27(22-24)35(26-10-8-9-11-29(26)36-32(35)40)28-23-25(34(4,5)6)13-15-31(28)41-21-20-38-18-16-37(7)17-19-38/h8-15,22-23,39H,16-21H2,1-7H3,(H,36,40). The van der Waals surface area contributed by atoms with Crippen LogP contribution in [-0.2, 0) is 21.0 Å². The molecule has 5 rings (SSSR count). The Morgan fingerprint density at radius 1 is 0.829 bits per heavy atom. The lowest BCUT2D eigenvalue weighted by Gasteiger charge is -2.34. The highest BCUT2D eigenvalue weighted by molar-refractivity contribution is 6.12. The maximum Gasteiger partial charge on any atom is 0.244 e. The molecule has 2 heterocycles. The molecule has 41 heavy (non-hydrogen) atoms. The molecular weight excluding hydrogens is 510 g/mol. The molecular formula is C35H45N3O3. The van der Waals surface area contributed by atoms with Crippen molar-refractivity contribution in [3.63, 3.8) is 0 Å². The van der Waals surface area contributed by atoms with Gasteiger partial charge < -0.3 is 20.1 Å². The van der Waals surface area contributed by atoms with Crippen molar-refractivity contribution in [1.29, 1.82) is 0 Å². The molecule has 0 bridgehead atoms. The summed E-state index contributed by atoms with van der Waals surface area (Å²) in [5.41, 5.74) is 3.43. The van der Waals surface area contributed by atoms with E-state index < -0.39 is 5.41 Å². The van der Waals surface area contributed by atoms with Crippen LogP contribution >= 0.6 is 0 Å². The molecule has 0 aliphatic carbocycles. The fourth-order valence-corrected chi connectivity index (χ4v) is 6.01. The third-order valence-corrected chi connectivity index (χ3v) is 8.70. The minimum atomic E-state index is -1.29. The highest BCUT2D eigenvalue weighted by Crippen LogP contribution is 2.53. The molecule has 218 valence electrons. The van der Waals surface area contributed by atoms with Crippen molar-refractivity contribution >= 4 is 11.6 Å². The van der Waals surface area contributed by atoms with Gasteiger partial charge in [0.25, 0.3) is 0 Å². The molecule has 1 amide bonds. The lowest BCUT2D eigenvalue weighted by Crippen LogP contribution is -2.45. The van der Waals surface area contributed by atoms with Crippen molar-refractivity contribution in [2.45, 2.75) is 57.8 Å². The van der Waals surface area contributed by atoms with Crippen LogP contribution in [-0.4, -0.2) is 67.2 Å². The second-order valence-corrected chi connectivity index (χ2v) is 13.7. The quantitative estimate of drug-likeness (QED) is 0.397. The minimum absolute atomic E-state index is 0.0920. The molecule has 1 unspecified atom stereocenters. The second-order valence-electron chi connectivity index (χ2n) is 13.7. The summed E-state index contributed by atoms with van der Waals surface area (Å²) >= 11 is 0. The largest absolute Gasteiger partial charge is 0.508 e. The van der Waals surface area contributed by atoms with Gasteiger partial charge >= 0.3 is 0 Å². The van der Waals surface area contributed by atoms with Gasteiger partial charge in [-0.15, -0.1) is 0 Å². The number of carbonyl (C=O) groups is 1. The molecule has 0 radical (unpaired) electrons. The predicted octanol–water partition coefficient (Wildman–Crippen LogP) is 5.90. The topological polar surface area (TPSA) is 65.0 Å². The van der Waals surface area contributed by atoms with E-state index in [0.717, 1.165) is 60.7 Å². The molecule has 0 saturated carbocycles. The summed E-state index contributed by atoms with van der Waals surface area (Å²) in [6.07, 6.45) is 0. The van der Waals surface area contributed by atoms with Gasteiger partial charge in [-0.05, 0) is 59.3 Å². The van der Waals surface area contributed by atoms with Crippen LogP contribution < -0.4 is 10.1 Å². The summed E-state index contributed by atoms with van der Waals surface area (Å²) in [6, 6.07) is 19.7. The number of likely N-dealkylation sites (N-methyl/N-ethyl adjacent to an activating group) is 1. The van der Waals surface area contributed by atoms with Gasteiger partial charge in [0.1, 0.15) is 23.5 Å². The Hall–Kier alpha value is -3.35. The van der Waals surface area contributed by atoms with Crippen molar-refractivity contribution in [2.75, 3.05) is 51.7 Å². The van der Waals surface area contributed by atoms with Gasteiger partial charge in [0, 0.05) is 55.1 Å². The number of para-hydroxylation sites is 1. The molecule has 0 aromatic heterocycles. The Kier molecular flexibility index (Phi) is 7.68. The molecule has 1 saturated heterocycles. The van der Waals surface area contributed by atoms with E-state index in [-0.39, 0.29) is 22.5 Å². The summed E-state index contributed by atoms with van der Waals surface area (Å²) in [7, 11) is 2.16. The number of aromatic hydroxyl groups is 1. The molecule has 1 atom stereocenters. The van der Waals surface area contributed by atoms with Gasteiger partial charge in [-0.25, -0.2) is 0 Å². The van der Waals surface area contributed by atoms with Crippen molar-refractivity contribution in [2.24, 2.45) is 0 Å². The van der Waals surface area contributed by atoms with Crippen LogP contribution in [0.3, 0.4) is 0 Å². The Bertz CT molecular complexity index is 1430. The van der Waals surface area contributed by atoms with Crippen LogP contribution in [0.2, 0.25) is 0 Å². The number of hydrogen-bond acceptors (Lipinski definition) is 5. The summed E-state index contributed by atoms with van der Waals surface area (Å²) in [5, 5.41) is 14.6. The maximum atomic E-state index is 14.4. The second kappa shape index (κ2) is 10.8. The smallest absolute Gasteiger partial charge is 0.244 e. The number of ether oxygens (including phenoxy) is 1. The summed E-state index contributed by atoms with van der Waals surface area (Å²) in [5.74, 6) is 0.573. The first-order valence-corrected chi connectivity index (χ1v) is 14.8. The zero-order chi connectivity index (χ0) is 29.6. The lowest BCUT2D eigenvalue weighted by molar-refractivity contribution is -0.118. The lowest BCUT2D eigenvalue weighted by atomic mass is 9.67. The summed E-state index contributed by atoms with van der Waals surface area (Å²) in [6.45, 7) is 18.4. The third-order valence-electron chi connectivity index (χ3n) is 8.70. The summed E-state index contributed by atoms with van der Waals surface area (Å²) in [4.78, 5) is 19.2. The molecule has 2 aliphatic rings. The van der Waals surface area contributed by atoms with Gasteiger partial charge in [-0.1, -0.05) is 71.9 Å². The van der Waals surface area contributed by atoms with Gasteiger partial charge in [0.05, 0.1) is 0 Å². The van der Waals surface area contributed by atoms with Crippen LogP contribution in [0.1, 0.15) is 69.4 Å². The molecule has 6 nitrogen and oxygen atoms in total. The van der Waals surface area contributed by atoms with Crippen molar-refractivity contribution in [3.05, 3.63) is 88.5 Å². The molecule has 3 aromatic rings. The van der Waals surface area contributed by atoms with E-state index >= 15 is 0 Å². The number of rotatable bonds is 6. The number of piperazine rings is 1. The van der Waals surface area contributed by atoms with Gasteiger partial charge in [-0.3, -0.25) is 9.69 Å². The SMILES string of the molecule is CN1CCN(CCOc2ccc(C(C)(C)C)cc2C2(c3cc(C(C)(C)C)ccc3O)C(=O)Nc3ccccc32)CC1. The summed E-state index contributed by atoms with van der Waals surface area (Å²) < 4.78 is 6.58. The molecule has 0 spiro atoms. The van der Waals surface area contributed by atoms with E-state index in [1.807, 2.05) is 42.5 Å². The highest BCUT2D eigenvalue weighted by Gasteiger charge is 2.53. The number of nitrogens with zero attached hydrogens (tertiary/aromatic N) is 2. The fourth-order valence-electron chi connectivity index (χ4n) is 6.01. The Labute approximate surface area is 245 Å². The number of carbonyl (C=O) groups excluding carboxylic acids is 1. The zero-order valence-corrected chi connectivity index (χ0v) is 25.7. The Balaban J connectivity index is 1.70. The average Bonchev–Trinajstić information content (AvgIpc) is 3.21. The zero-order valence-electron chi connectivity index (χ0n) is 25.7. The predicted molar refractivity (Wildman–Crippen MR) is 166 cm³/mol. The number of phenolic OH excluding ortho intramolecular Hbond substituents is 1. The third kappa shape index (κ3) is 5.47. The molecule has 6 heteroatoms. The number of nitrogens with one attached hydrogen (secondary N) is 1. The van der Waals surface area contributed by atoms with Crippen molar-refractivity contribution < 1.29 is 14.6 Å². The van der Waals surface area contributed by atoms with E-state index in [1.165, 1.54) is 0 Å². The van der Waals surface area contributed by atoms with Crippen molar-refractivity contribution in [3.8, 4) is 11.5 Å². The van der Waals surface area contributed by atoms with E-state index in [1.54, 1.807) is 6.07 Å². The number of hydrogen-bond donors (Lipinski definition) is 2. The first-order chi connectivity index (χ1) is 19.3. The molecule has 2 N–H and O–H groups in total. The number of anilines is 1. The highest BCUT2D eigenvalue weighted by atomic mass is 16.5. The number of phenols is 1. The molecule has 3 aromatic carbocycles. The Morgan fingerprint density at radius 2 is 1.44 bits per heavy atom. The normalized spacial score (nSPS) is 20.1. The monoisotopic (exact) mass is 555 g/mol.